The molecule has 3 N–H and O–H groups in total. The molecule has 0 aliphatic rings. The normalized spacial score (nSPS) is 10.9. The number of nitrogens with zero attached hydrogens (tertiary/aromatic N) is 5. The van der Waals surface area contributed by atoms with Crippen LogP contribution in [0.5, 0.6) is 5.75 Å². The molecule has 0 saturated heterocycles. The van der Waals surface area contributed by atoms with E-state index in [1.165, 1.54) is 18.3 Å². The number of non-ortho nitro benzene ring substituents is 1. The van der Waals surface area contributed by atoms with Gasteiger partial charge in [0.1, 0.15) is 17.3 Å². The number of nitrogens with one attached hydrogen (secondary N) is 3. The molecule has 0 atom stereocenters. The molecule has 0 unspecified atom stereocenters. The van der Waals surface area contributed by atoms with Crippen molar-refractivity contribution >= 4 is 64.3 Å². The van der Waals surface area contributed by atoms with Crippen LogP contribution in [0, 0.1) is 10.1 Å². The van der Waals surface area contributed by atoms with Crippen molar-refractivity contribution in [2.24, 2.45) is 5.10 Å². The summed E-state index contributed by atoms with van der Waals surface area (Å²) in [5.41, 5.74) is 4.75. The lowest BCUT2D eigenvalue weighted by Crippen LogP contribution is -2.07. The second-order valence-corrected chi connectivity index (χ2v) is 9.10. The second-order valence-electron chi connectivity index (χ2n) is 8.29. The molecule has 5 rings (SSSR count). The highest BCUT2D eigenvalue weighted by molar-refractivity contribution is 6.42. The Labute approximate surface area is 243 Å². The first kappa shape index (κ1) is 27.4. The third-order valence-electron chi connectivity index (χ3n) is 5.50. The van der Waals surface area contributed by atoms with Crippen molar-refractivity contribution in [1.82, 2.24) is 15.0 Å². The van der Waals surface area contributed by atoms with E-state index in [2.05, 4.69) is 36.1 Å². The maximum Gasteiger partial charge on any atom is 0.269 e. The van der Waals surface area contributed by atoms with E-state index < -0.39 is 4.92 Å². The SMILES string of the molecule is COc1ccc(Nc2nc(NN=Cc3ccc(-c4ccc(Cl)c(Cl)c4)o3)nc(Nc3ccc([N+](=O)[O-])cc3)n2)cc1. The molecule has 0 radical (unpaired) electrons. The zero-order valence-electron chi connectivity index (χ0n) is 21.2. The van der Waals surface area contributed by atoms with Crippen LogP contribution in [-0.4, -0.2) is 33.2 Å². The van der Waals surface area contributed by atoms with Crippen LogP contribution in [-0.2, 0) is 0 Å². The topological polar surface area (TPSA) is 153 Å². The molecule has 14 heteroatoms. The lowest BCUT2D eigenvalue weighted by atomic mass is 10.2. The summed E-state index contributed by atoms with van der Waals surface area (Å²) in [5.74, 6) is 2.26. The predicted molar refractivity (Wildman–Crippen MR) is 158 cm³/mol. The van der Waals surface area contributed by atoms with Gasteiger partial charge in [0.2, 0.25) is 17.8 Å². The smallest absolute Gasteiger partial charge is 0.269 e. The summed E-state index contributed by atoms with van der Waals surface area (Å²) >= 11 is 12.1. The molecule has 0 spiro atoms. The molecular formula is C27H20Cl2N8O4. The fourth-order valence-electron chi connectivity index (χ4n) is 3.52. The molecule has 12 nitrogen and oxygen atoms in total. The second kappa shape index (κ2) is 12.3. The molecule has 2 aromatic heterocycles. The molecule has 2 heterocycles. The molecule has 41 heavy (non-hydrogen) atoms. The number of methoxy groups -OCH3 is 1. The van der Waals surface area contributed by atoms with Crippen molar-refractivity contribution in [2.75, 3.05) is 23.2 Å². The molecule has 0 aliphatic heterocycles. The van der Waals surface area contributed by atoms with Crippen LogP contribution < -0.4 is 20.8 Å². The minimum absolute atomic E-state index is 0.0370. The van der Waals surface area contributed by atoms with Crippen LogP contribution in [0.1, 0.15) is 5.76 Å². The lowest BCUT2D eigenvalue weighted by Gasteiger charge is -2.10. The van der Waals surface area contributed by atoms with E-state index in [1.54, 1.807) is 73.8 Å². The van der Waals surface area contributed by atoms with E-state index in [0.717, 1.165) is 5.56 Å². The third-order valence-corrected chi connectivity index (χ3v) is 6.24. The summed E-state index contributed by atoms with van der Waals surface area (Å²) < 4.78 is 11.0. The largest absolute Gasteiger partial charge is 0.497 e. The highest BCUT2D eigenvalue weighted by atomic mass is 35.5. The quantitative estimate of drug-likeness (QED) is 0.0857. The minimum Gasteiger partial charge on any atom is -0.497 e. The van der Waals surface area contributed by atoms with Gasteiger partial charge in [0, 0.05) is 29.1 Å². The van der Waals surface area contributed by atoms with Crippen molar-refractivity contribution in [1.29, 1.82) is 0 Å². The van der Waals surface area contributed by atoms with Crippen LogP contribution in [0.25, 0.3) is 11.3 Å². The molecule has 0 saturated carbocycles. The molecule has 0 aliphatic carbocycles. The van der Waals surface area contributed by atoms with E-state index in [1.807, 2.05) is 0 Å². The molecule has 0 fully saturated rings. The first-order chi connectivity index (χ1) is 19.9. The summed E-state index contributed by atoms with van der Waals surface area (Å²) in [7, 11) is 1.58. The van der Waals surface area contributed by atoms with Gasteiger partial charge in [-0.1, -0.05) is 23.2 Å². The van der Waals surface area contributed by atoms with Gasteiger partial charge in [-0.2, -0.15) is 20.1 Å². The summed E-state index contributed by atoms with van der Waals surface area (Å²) in [6, 6.07) is 21.8. The number of hydrazone groups is 1. The Morgan fingerprint density at radius 2 is 1.49 bits per heavy atom. The van der Waals surface area contributed by atoms with E-state index >= 15 is 0 Å². The first-order valence-electron chi connectivity index (χ1n) is 11.9. The number of benzene rings is 3. The third kappa shape index (κ3) is 7.06. The van der Waals surface area contributed by atoms with Crippen molar-refractivity contribution in [3.8, 4) is 17.1 Å². The zero-order chi connectivity index (χ0) is 28.8. The Morgan fingerprint density at radius 1 is 0.854 bits per heavy atom. The lowest BCUT2D eigenvalue weighted by molar-refractivity contribution is -0.384. The minimum atomic E-state index is -0.476. The average Bonchev–Trinajstić information content (AvgIpc) is 3.44. The van der Waals surface area contributed by atoms with Gasteiger partial charge in [0.25, 0.3) is 5.69 Å². The Balaban J connectivity index is 1.35. The fourth-order valence-corrected chi connectivity index (χ4v) is 3.82. The van der Waals surface area contributed by atoms with Crippen molar-refractivity contribution in [2.45, 2.75) is 0 Å². The number of aromatic nitrogens is 3. The highest BCUT2D eigenvalue weighted by Crippen LogP contribution is 2.29. The number of nitro benzene ring substituents is 1. The zero-order valence-corrected chi connectivity index (χ0v) is 22.7. The van der Waals surface area contributed by atoms with Gasteiger partial charge < -0.3 is 19.8 Å². The number of halogens is 2. The van der Waals surface area contributed by atoms with Crippen LogP contribution in [0.15, 0.2) is 88.4 Å². The van der Waals surface area contributed by atoms with Crippen LogP contribution >= 0.6 is 23.2 Å². The number of rotatable bonds is 10. The maximum absolute atomic E-state index is 11.0. The van der Waals surface area contributed by atoms with E-state index in [-0.39, 0.29) is 23.5 Å². The Hall–Kier alpha value is -5.20. The first-order valence-corrected chi connectivity index (χ1v) is 12.6. The van der Waals surface area contributed by atoms with Gasteiger partial charge in [-0.3, -0.25) is 10.1 Å². The number of hydrogen-bond acceptors (Lipinski definition) is 11. The van der Waals surface area contributed by atoms with Gasteiger partial charge >= 0.3 is 0 Å². The predicted octanol–water partition coefficient (Wildman–Crippen LogP) is 7.29. The van der Waals surface area contributed by atoms with Gasteiger partial charge in [-0.15, -0.1) is 0 Å². The molecule has 206 valence electrons. The molecule has 5 aromatic rings. The fraction of sp³-hybridized carbons (Fsp3) is 0.0370. The van der Waals surface area contributed by atoms with Gasteiger partial charge in [-0.25, -0.2) is 5.43 Å². The number of furan rings is 1. The molecule has 0 bridgehead atoms. The summed E-state index contributed by atoms with van der Waals surface area (Å²) in [4.78, 5) is 23.6. The van der Waals surface area contributed by atoms with Crippen LogP contribution in [0.2, 0.25) is 10.0 Å². The summed E-state index contributed by atoms with van der Waals surface area (Å²) in [6.45, 7) is 0. The number of hydrogen-bond donors (Lipinski definition) is 3. The van der Waals surface area contributed by atoms with Crippen LogP contribution in [0.4, 0.5) is 34.9 Å². The Bertz CT molecular complexity index is 1710. The summed E-state index contributed by atoms with van der Waals surface area (Å²) in [5, 5.41) is 22.2. The average molecular weight is 591 g/mol. The number of ether oxygens (including phenoxy) is 1. The summed E-state index contributed by atoms with van der Waals surface area (Å²) in [6.07, 6.45) is 1.46. The Kier molecular flexibility index (Phi) is 8.23. The Morgan fingerprint density at radius 3 is 2.10 bits per heavy atom. The van der Waals surface area contributed by atoms with Crippen molar-refractivity contribution in [3.05, 3.63) is 105 Å². The molecule has 3 aromatic carbocycles. The highest BCUT2D eigenvalue weighted by Gasteiger charge is 2.10. The van der Waals surface area contributed by atoms with E-state index in [4.69, 9.17) is 32.4 Å². The van der Waals surface area contributed by atoms with E-state index in [0.29, 0.717) is 38.7 Å². The van der Waals surface area contributed by atoms with Crippen LogP contribution in [0.3, 0.4) is 0 Å². The monoisotopic (exact) mass is 590 g/mol. The van der Waals surface area contributed by atoms with Gasteiger partial charge in [-0.05, 0) is 66.7 Å². The van der Waals surface area contributed by atoms with Crippen molar-refractivity contribution in [3.63, 3.8) is 0 Å². The standard InChI is InChI=1S/C27H20Cl2N8O4/c1-40-20-9-5-18(6-10-20)32-26-33-25(31-17-3-7-19(8-4-17)37(38)39)34-27(35-26)36-30-15-21-11-13-24(41-21)16-2-12-22(28)23(29)14-16/h2-15H,1H3,(H3,31,32,33,34,35,36). The number of nitro groups is 1. The molecule has 0 amide bonds. The van der Waals surface area contributed by atoms with E-state index in [9.17, 15) is 10.1 Å². The van der Waals surface area contributed by atoms with Gasteiger partial charge in [0.15, 0.2) is 0 Å². The molecular weight excluding hydrogens is 571 g/mol. The maximum atomic E-state index is 11.0. The van der Waals surface area contributed by atoms with Gasteiger partial charge in [0.05, 0.1) is 28.3 Å². The number of anilines is 5. The van der Waals surface area contributed by atoms with Crippen molar-refractivity contribution < 1.29 is 14.1 Å².